The highest BCUT2D eigenvalue weighted by atomic mass is 35.5. The van der Waals surface area contributed by atoms with Crippen molar-refractivity contribution in [3.05, 3.63) is 53.1 Å². The molecule has 0 aliphatic carbocycles. The molecule has 9 heteroatoms. The quantitative estimate of drug-likeness (QED) is 0.575. The fraction of sp³-hybridized carbons (Fsp3) is 0.348. The lowest BCUT2D eigenvalue weighted by molar-refractivity contribution is -0.147. The van der Waals surface area contributed by atoms with E-state index in [1.807, 2.05) is 36.4 Å². The average molecular weight is 456 g/mol. The Morgan fingerprint density at radius 1 is 1.19 bits per heavy atom. The van der Waals surface area contributed by atoms with Crippen LogP contribution in [0.4, 0.5) is 0 Å². The molecule has 2 aromatic carbocycles. The van der Waals surface area contributed by atoms with Crippen LogP contribution in [-0.4, -0.2) is 58.5 Å². The van der Waals surface area contributed by atoms with E-state index in [0.29, 0.717) is 48.8 Å². The fourth-order valence-corrected chi connectivity index (χ4v) is 4.07. The van der Waals surface area contributed by atoms with Crippen LogP contribution < -0.4 is 4.74 Å². The van der Waals surface area contributed by atoms with Gasteiger partial charge < -0.3 is 19.1 Å². The van der Waals surface area contributed by atoms with Gasteiger partial charge in [0.2, 0.25) is 5.82 Å². The monoisotopic (exact) mass is 455 g/mol. The van der Waals surface area contributed by atoms with Crippen LogP contribution in [0.3, 0.4) is 0 Å². The molecule has 2 aliphatic heterocycles. The lowest BCUT2D eigenvalue weighted by Gasteiger charge is -2.36. The first-order valence-corrected chi connectivity index (χ1v) is 10.9. The van der Waals surface area contributed by atoms with Crippen molar-refractivity contribution in [3.8, 4) is 28.6 Å². The fourth-order valence-electron chi connectivity index (χ4n) is 3.84. The van der Waals surface area contributed by atoms with Crippen LogP contribution in [-0.2, 0) is 16.1 Å². The number of carbonyl (C=O) groups is 1. The smallest absolute Gasteiger partial charge is 0.309 e. The Hall–Kier alpha value is -2.94. The number of aliphatic carboxylic acids is 1. The third kappa shape index (κ3) is 4.48. The molecular formula is C23H22ClN3O5. The predicted octanol–water partition coefficient (Wildman–Crippen LogP) is 3.74. The minimum atomic E-state index is -0.726. The van der Waals surface area contributed by atoms with Gasteiger partial charge in [-0.25, -0.2) is 0 Å². The van der Waals surface area contributed by atoms with Gasteiger partial charge in [0.05, 0.1) is 24.2 Å². The van der Waals surface area contributed by atoms with Crippen LogP contribution in [0.2, 0.25) is 5.02 Å². The van der Waals surface area contributed by atoms with Crippen molar-refractivity contribution < 1.29 is 23.9 Å². The highest BCUT2D eigenvalue weighted by molar-refractivity contribution is 6.32. The van der Waals surface area contributed by atoms with Crippen molar-refractivity contribution in [2.45, 2.75) is 19.1 Å². The maximum absolute atomic E-state index is 10.9. The lowest BCUT2D eigenvalue weighted by atomic mass is 9.99. The van der Waals surface area contributed by atoms with Crippen LogP contribution in [0.15, 0.2) is 47.0 Å². The summed E-state index contributed by atoms with van der Waals surface area (Å²) in [5.41, 5.74) is 2.65. The molecule has 0 spiro atoms. The second-order valence-corrected chi connectivity index (χ2v) is 8.51. The van der Waals surface area contributed by atoms with E-state index in [2.05, 4.69) is 15.0 Å². The van der Waals surface area contributed by atoms with Gasteiger partial charge >= 0.3 is 5.97 Å². The molecule has 0 saturated carbocycles. The number of hydrogen-bond acceptors (Lipinski definition) is 7. The molecule has 3 heterocycles. The highest BCUT2D eigenvalue weighted by Gasteiger charge is 2.32. The summed E-state index contributed by atoms with van der Waals surface area (Å²) in [5, 5.41) is 13.6. The van der Waals surface area contributed by atoms with Gasteiger partial charge in [-0.3, -0.25) is 9.69 Å². The number of likely N-dealkylation sites (tertiary alicyclic amines) is 1. The minimum Gasteiger partial charge on any atom is -0.486 e. The van der Waals surface area contributed by atoms with Gasteiger partial charge in [0.1, 0.15) is 11.9 Å². The van der Waals surface area contributed by atoms with Crippen LogP contribution in [0.1, 0.15) is 12.0 Å². The number of nitrogens with zero attached hydrogens (tertiary/aromatic N) is 3. The van der Waals surface area contributed by atoms with E-state index in [1.165, 1.54) is 0 Å². The summed E-state index contributed by atoms with van der Waals surface area (Å²) in [7, 11) is 0. The zero-order valence-corrected chi connectivity index (χ0v) is 18.0. The Labute approximate surface area is 189 Å². The lowest BCUT2D eigenvalue weighted by Crippen LogP contribution is -2.49. The second kappa shape index (κ2) is 8.90. The summed E-state index contributed by atoms with van der Waals surface area (Å²) in [5.74, 6) is 0.498. The van der Waals surface area contributed by atoms with Gasteiger partial charge in [-0.15, -0.1) is 0 Å². The summed E-state index contributed by atoms with van der Waals surface area (Å²) in [4.78, 5) is 17.5. The van der Waals surface area contributed by atoms with E-state index in [4.69, 9.17) is 30.7 Å². The topological polar surface area (TPSA) is 97.9 Å². The molecule has 1 N–H and O–H groups in total. The molecule has 5 rings (SSSR count). The average Bonchev–Trinajstić information content (AvgIpc) is 3.44. The molecule has 2 aliphatic rings. The standard InChI is InChI=1S/C23H22ClN3O5/c24-19-9-16(5-6-20(19)31-18-7-8-30-13-18)21-25-22(32-26-21)15-3-1-14(2-4-15)10-27-11-17(12-27)23(28)29/h1-6,9,17-18H,7-8,10-13H2,(H,28,29). The first-order chi connectivity index (χ1) is 15.5. The highest BCUT2D eigenvalue weighted by Crippen LogP contribution is 2.32. The SMILES string of the molecule is O=C(O)C1CN(Cc2ccc(-c3nc(-c4ccc(OC5CCOC5)c(Cl)c4)no3)cc2)C1. The number of benzene rings is 2. The normalized spacial score (nSPS) is 19.1. The molecule has 166 valence electrons. The summed E-state index contributed by atoms with van der Waals surface area (Å²) >= 11 is 6.39. The molecule has 1 aromatic heterocycles. The van der Waals surface area contributed by atoms with Crippen LogP contribution in [0, 0.1) is 5.92 Å². The van der Waals surface area contributed by atoms with E-state index in [1.54, 1.807) is 6.07 Å². The van der Waals surface area contributed by atoms with Crippen LogP contribution >= 0.6 is 11.6 Å². The van der Waals surface area contributed by atoms with E-state index < -0.39 is 5.97 Å². The van der Waals surface area contributed by atoms with E-state index in [0.717, 1.165) is 29.7 Å². The first-order valence-electron chi connectivity index (χ1n) is 10.5. The van der Waals surface area contributed by atoms with Crippen molar-refractivity contribution >= 4 is 17.6 Å². The molecule has 1 atom stereocenters. The Balaban J connectivity index is 1.23. The summed E-state index contributed by atoms with van der Waals surface area (Å²) in [6, 6.07) is 13.3. The number of aromatic nitrogens is 2. The molecule has 0 bridgehead atoms. The molecule has 32 heavy (non-hydrogen) atoms. The molecule has 0 radical (unpaired) electrons. The Kier molecular flexibility index (Phi) is 5.82. The van der Waals surface area contributed by atoms with Crippen molar-refractivity contribution in [1.29, 1.82) is 0 Å². The van der Waals surface area contributed by atoms with Gasteiger partial charge in [-0.2, -0.15) is 4.98 Å². The van der Waals surface area contributed by atoms with Gasteiger partial charge in [0, 0.05) is 37.2 Å². The second-order valence-electron chi connectivity index (χ2n) is 8.10. The zero-order chi connectivity index (χ0) is 22.1. The molecular weight excluding hydrogens is 434 g/mol. The first kappa shape index (κ1) is 20.9. The minimum absolute atomic E-state index is 0.0257. The number of carboxylic acid groups (broad SMARTS) is 1. The Morgan fingerprint density at radius 2 is 1.97 bits per heavy atom. The molecule has 1 unspecified atom stereocenters. The third-order valence-corrected chi connectivity index (χ3v) is 6.01. The number of halogens is 1. The molecule has 2 fully saturated rings. The van der Waals surface area contributed by atoms with E-state index in [9.17, 15) is 4.79 Å². The van der Waals surface area contributed by atoms with Crippen LogP contribution in [0.25, 0.3) is 22.8 Å². The van der Waals surface area contributed by atoms with E-state index in [-0.39, 0.29) is 12.0 Å². The zero-order valence-electron chi connectivity index (χ0n) is 17.2. The summed E-state index contributed by atoms with van der Waals surface area (Å²) < 4.78 is 16.7. The predicted molar refractivity (Wildman–Crippen MR) is 116 cm³/mol. The number of rotatable bonds is 7. The number of carboxylic acids is 1. The molecule has 0 amide bonds. The molecule has 3 aromatic rings. The van der Waals surface area contributed by atoms with Gasteiger partial charge in [-0.1, -0.05) is 28.9 Å². The number of ether oxygens (including phenoxy) is 2. The molecule has 2 saturated heterocycles. The molecule has 8 nitrogen and oxygen atoms in total. The maximum atomic E-state index is 10.9. The number of hydrogen-bond donors (Lipinski definition) is 1. The Bertz CT molecular complexity index is 1110. The van der Waals surface area contributed by atoms with Crippen molar-refractivity contribution in [2.75, 3.05) is 26.3 Å². The van der Waals surface area contributed by atoms with Gasteiger partial charge in [0.15, 0.2) is 0 Å². The Morgan fingerprint density at radius 3 is 2.66 bits per heavy atom. The van der Waals surface area contributed by atoms with Gasteiger partial charge in [-0.05, 0) is 35.9 Å². The summed E-state index contributed by atoms with van der Waals surface area (Å²) in [6.45, 7) is 3.18. The van der Waals surface area contributed by atoms with Crippen molar-refractivity contribution in [3.63, 3.8) is 0 Å². The third-order valence-electron chi connectivity index (χ3n) is 5.71. The largest absolute Gasteiger partial charge is 0.486 e. The van der Waals surface area contributed by atoms with E-state index >= 15 is 0 Å². The van der Waals surface area contributed by atoms with Crippen molar-refractivity contribution in [2.24, 2.45) is 5.92 Å². The van der Waals surface area contributed by atoms with Crippen molar-refractivity contribution in [1.82, 2.24) is 15.0 Å². The van der Waals surface area contributed by atoms with Crippen LogP contribution in [0.5, 0.6) is 5.75 Å². The summed E-state index contributed by atoms with van der Waals surface area (Å²) in [6.07, 6.45) is 0.879. The van der Waals surface area contributed by atoms with Gasteiger partial charge in [0.25, 0.3) is 5.89 Å². The maximum Gasteiger partial charge on any atom is 0.309 e.